The van der Waals surface area contributed by atoms with Crippen molar-refractivity contribution in [1.82, 2.24) is 9.80 Å². The third-order valence-electron chi connectivity index (χ3n) is 13.4. The summed E-state index contributed by atoms with van der Waals surface area (Å²) in [5, 5.41) is 23.8. The van der Waals surface area contributed by atoms with Gasteiger partial charge in [0.05, 0.1) is 43.0 Å². The molecular weight excluding hydrogens is 873 g/mol. The van der Waals surface area contributed by atoms with Crippen molar-refractivity contribution in [3.63, 3.8) is 0 Å². The van der Waals surface area contributed by atoms with Crippen molar-refractivity contribution < 1.29 is 76.8 Å². The van der Waals surface area contributed by atoms with Crippen LogP contribution >= 0.6 is 0 Å². The summed E-state index contributed by atoms with van der Waals surface area (Å²) in [6.45, 7) is 14.1. The van der Waals surface area contributed by atoms with Gasteiger partial charge < -0.3 is 72.2 Å². The van der Waals surface area contributed by atoms with Crippen molar-refractivity contribution in [2.75, 3.05) is 35.3 Å². The molecule has 384 valence electrons. The van der Waals surface area contributed by atoms with Crippen LogP contribution in [0.15, 0.2) is 24.3 Å². The highest BCUT2D eigenvalue weighted by Crippen LogP contribution is 2.38. The SMILES string of the molecule is CCC(=O)OC1CC(=O)O[C@H](C)C/C=C/C=C/[C@H](O[C@H]2CC[C@H](N(C)C)[C@@H](C)O2)[C@H](C)CC(CC=O)[C@H](O[C@@H]2O[C@H](C)[C@@H](O[C@H]3C[C@@](C)(O)[C@@H](OC(=O)CC)[C@H](C)O3)[C@H](N(C)C)[C@H]2O)[C@H]1OC. The standard InChI is InChI=1S/C49H82N2O16/c1-14-37(53)63-36-26-39(55)59-29(4)19-17-16-18-20-35(64-40-22-21-34(50(9)10)30(5)60-40)28(3)25-33(23-24-52)45(46(36)58-13)67-48-43(56)42(51(11)12)44(31(6)62-48)66-41-27-49(8,57)47(32(7)61-41)65-38(54)15-2/h16-18,20,24,28-36,40-48,56-57H,14-15,19,21-23,25-27H2,1-13H3/b17-16+,20-18+/t28-,29-,30-,31-,32+,33?,34+,35+,36?,40+,41+,42-,43-,44-,45+,46+,47+,48+,49-/m1/s1. The van der Waals surface area contributed by atoms with E-state index < -0.39 is 115 Å². The first-order valence-corrected chi connectivity index (χ1v) is 24.2. The van der Waals surface area contributed by atoms with E-state index in [9.17, 15) is 29.4 Å². The Labute approximate surface area is 398 Å². The van der Waals surface area contributed by atoms with Crippen LogP contribution in [0.5, 0.6) is 0 Å². The molecule has 18 nitrogen and oxygen atoms in total. The summed E-state index contributed by atoms with van der Waals surface area (Å²) in [6, 6.07) is -0.546. The quantitative estimate of drug-likeness (QED) is 0.134. The molecule has 0 spiro atoms. The molecule has 4 rings (SSSR count). The first-order chi connectivity index (χ1) is 31.6. The number of aliphatic hydroxyl groups excluding tert-OH is 1. The minimum atomic E-state index is -1.50. The molecule has 0 bridgehead atoms. The minimum absolute atomic E-state index is 0.00331. The number of aldehydes is 1. The fourth-order valence-electron chi connectivity index (χ4n) is 9.88. The van der Waals surface area contributed by atoms with Gasteiger partial charge in [-0.3, -0.25) is 14.4 Å². The van der Waals surface area contributed by atoms with Gasteiger partial charge in [0.1, 0.15) is 42.4 Å². The molecule has 3 saturated heterocycles. The van der Waals surface area contributed by atoms with Crippen molar-refractivity contribution in [2.24, 2.45) is 11.8 Å². The van der Waals surface area contributed by atoms with Gasteiger partial charge in [0.15, 0.2) is 25.0 Å². The third-order valence-corrected chi connectivity index (χ3v) is 13.4. The van der Waals surface area contributed by atoms with Gasteiger partial charge in [0.25, 0.3) is 0 Å². The van der Waals surface area contributed by atoms with Crippen molar-refractivity contribution in [3.05, 3.63) is 24.3 Å². The topological polar surface area (TPSA) is 208 Å². The number of esters is 3. The van der Waals surface area contributed by atoms with Crippen LogP contribution in [-0.2, 0) is 66.5 Å². The van der Waals surface area contributed by atoms with Crippen LogP contribution in [0.2, 0.25) is 0 Å². The number of likely N-dealkylation sites (N-methyl/N-ethyl adjacent to an activating group) is 2. The number of nitrogens with zero attached hydrogens (tertiary/aromatic N) is 2. The highest BCUT2D eigenvalue weighted by Gasteiger charge is 2.53. The lowest BCUT2D eigenvalue weighted by Gasteiger charge is -2.50. The molecule has 0 radical (unpaired) electrons. The van der Waals surface area contributed by atoms with E-state index in [-0.39, 0.29) is 50.2 Å². The monoisotopic (exact) mass is 955 g/mol. The number of carbonyl (C=O) groups is 4. The minimum Gasteiger partial charge on any atom is -0.462 e. The Morgan fingerprint density at radius 3 is 2.12 bits per heavy atom. The van der Waals surface area contributed by atoms with Crippen molar-refractivity contribution in [1.29, 1.82) is 0 Å². The number of methoxy groups -OCH3 is 1. The Hall–Kier alpha value is -2.88. The smallest absolute Gasteiger partial charge is 0.309 e. The predicted octanol–water partition coefficient (Wildman–Crippen LogP) is 4.25. The summed E-state index contributed by atoms with van der Waals surface area (Å²) >= 11 is 0. The molecule has 0 amide bonds. The fraction of sp³-hybridized carbons (Fsp3) is 0.837. The average Bonchev–Trinajstić information content (AvgIpc) is 3.24. The highest BCUT2D eigenvalue weighted by atomic mass is 16.7. The number of rotatable bonds is 15. The molecule has 2 N–H and O–H groups in total. The van der Waals surface area contributed by atoms with Crippen LogP contribution in [0.1, 0.15) is 113 Å². The molecule has 4 aliphatic rings. The van der Waals surface area contributed by atoms with E-state index in [1.165, 1.54) is 7.11 Å². The van der Waals surface area contributed by atoms with E-state index in [0.717, 1.165) is 12.7 Å². The number of ether oxygens (including phenoxy) is 10. The lowest BCUT2D eigenvalue weighted by atomic mass is 9.82. The van der Waals surface area contributed by atoms with Crippen LogP contribution in [0.4, 0.5) is 0 Å². The second kappa shape index (κ2) is 26.4. The third kappa shape index (κ3) is 15.8. The van der Waals surface area contributed by atoms with Crippen LogP contribution in [0.3, 0.4) is 0 Å². The van der Waals surface area contributed by atoms with Gasteiger partial charge in [-0.1, -0.05) is 45.1 Å². The summed E-state index contributed by atoms with van der Waals surface area (Å²) in [7, 11) is 9.02. The molecule has 0 aromatic carbocycles. The van der Waals surface area contributed by atoms with Gasteiger partial charge in [-0.2, -0.15) is 0 Å². The van der Waals surface area contributed by atoms with Gasteiger partial charge in [-0.05, 0) is 93.9 Å². The van der Waals surface area contributed by atoms with E-state index in [1.54, 1.807) is 60.5 Å². The molecule has 0 aliphatic carbocycles. The molecule has 0 saturated carbocycles. The first-order valence-electron chi connectivity index (χ1n) is 24.2. The molecule has 3 fully saturated rings. The zero-order valence-corrected chi connectivity index (χ0v) is 42.1. The molecule has 0 aromatic rings. The van der Waals surface area contributed by atoms with Gasteiger partial charge in [0.2, 0.25) is 0 Å². The molecule has 4 aliphatic heterocycles. The number of allylic oxidation sites excluding steroid dienone is 2. The molecule has 0 aromatic heterocycles. The fourth-order valence-corrected chi connectivity index (χ4v) is 9.88. The largest absolute Gasteiger partial charge is 0.462 e. The van der Waals surface area contributed by atoms with Crippen LogP contribution in [-0.4, -0.2) is 183 Å². The summed E-state index contributed by atoms with van der Waals surface area (Å²) in [5.41, 5.74) is -1.50. The van der Waals surface area contributed by atoms with Crippen LogP contribution < -0.4 is 0 Å². The molecule has 67 heavy (non-hydrogen) atoms. The predicted molar refractivity (Wildman–Crippen MR) is 245 cm³/mol. The summed E-state index contributed by atoms with van der Waals surface area (Å²) in [6.07, 6.45) is -1.74. The summed E-state index contributed by atoms with van der Waals surface area (Å²) in [4.78, 5) is 55.5. The van der Waals surface area contributed by atoms with Crippen LogP contribution in [0, 0.1) is 11.8 Å². The van der Waals surface area contributed by atoms with E-state index in [1.807, 2.05) is 52.2 Å². The maximum Gasteiger partial charge on any atom is 0.309 e. The number of cyclic esters (lactones) is 1. The van der Waals surface area contributed by atoms with Crippen molar-refractivity contribution in [2.45, 2.75) is 217 Å². The average molecular weight is 955 g/mol. The van der Waals surface area contributed by atoms with Gasteiger partial charge in [0, 0.05) is 45.3 Å². The van der Waals surface area contributed by atoms with E-state index >= 15 is 0 Å². The highest BCUT2D eigenvalue weighted by molar-refractivity contribution is 5.72. The first kappa shape index (κ1) is 56.7. The van der Waals surface area contributed by atoms with E-state index in [4.69, 9.17) is 47.4 Å². The van der Waals surface area contributed by atoms with Gasteiger partial charge in [-0.25, -0.2) is 0 Å². The second-order valence-corrected chi connectivity index (χ2v) is 19.4. The Morgan fingerprint density at radius 2 is 1.52 bits per heavy atom. The normalized spacial score (nSPS) is 41.5. The van der Waals surface area contributed by atoms with Crippen molar-refractivity contribution >= 4 is 24.2 Å². The van der Waals surface area contributed by atoms with E-state index in [0.29, 0.717) is 19.3 Å². The van der Waals surface area contributed by atoms with Crippen molar-refractivity contribution in [3.8, 4) is 0 Å². The zero-order valence-electron chi connectivity index (χ0n) is 42.1. The number of hydrogen-bond donors (Lipinski definition) is 2. The Balaban J connectivity index is 1.72. The molecule has 2 unspecified atom stereocenters. The van der Waals surface area contributed by atoms with Crippen LogP contribution in [0.25, 0.3) is 0 Å². The zero-order chi connectivity index (χ0) is 49.7. The lowest BCUT2D eigenvalue weighted by molar-refractivity contribution is -0.344. The maximum absolute atomic E-state index is 13.6. The molecule has 18 heteroatoms. The number of carbonyl (C=O) groups excluding carboxylic acids is 4. The lowest BCUT2D eigenvalue weighted by Crippen LogP contribution is -2.66. The number of hydrogen-bond acceptors (Lipinski definition) is 18. The maximum atomic E-state index is 13.6. The second-order valence-electron chi connectivity index (χ2n) is 19.4. The van der Waals surface area contributed by atoms with Gasteiger partial charge >= 0.3 is 17.9 Å². The molecular formula is C49H82N2O16. The Kier molecular flexibility index (Phi) is 22.3. The summed E-state index contributed by atoms with van der Waals surface area (Å²) < 4.78 is 62.7. The Morgan fingerprint density at radius 1 is 0.851 bits per heavy atom. The molecule has 4 heterocycles. The molecule has 19 atom stereocenters. The van der Waals surface area contributed by atoms with Gasteiger partial charge in [-0.15, -0.1) is 0 Å². The van der Waals surface area contributed by atoms with E-state index in [2.05, 4.69) is 4.90 Å². The summed E-state index contributed by atoms with van der Waals surface area (Å²) in [5.74, 6) is -2.63. The Bertz CT molecular complexity index is 1630. The number of aliphatic hydroxyl groups is 2.